The van der Waals surface area contributed by atoms with Crippen molar-refractivity contribution >= 4 is 35.4 Å². The standard InChI is InChI=1S/C41H43F4N3O2Si/c1-26-19-32-31-17-11-12-18-35(31)47-37(32)38(36-33(42)20-27(21-34(36)43)39(49)28-22-46-23-28)48(26)24-41(44,45)25-50-51(40(2,3)4,29-13-7-5-8-14-29)30-15-9-6-10-16-30/h5-18,20-21,26,28,38,46-47H,19,22-25H2,1-4H3/t26-,38-/m1/s1. The van der Waals surface area contributed by atoms with Gasteiger partial charge in [-0.15, -0.1) is 0 Å². The van der Waals surface area contributed by atoms with E-state index in [9.17, 15) is 4.79 Å². The Morgan fingerprint density at radius 3 is 2.00 bits per heavy atom. The molecule has 2 N–H and O–H groups in total. The van der Waals surface area contributed by atoms with Crippen molar-refractivity contribution in [3.05, 3.63) is 131 Å². The molecule has 10 heteroatoms. The van der Waals surface area contributed by atoms with E-state index in [2.05, 4.69) is 10.3 Å². The Morgan fingerprint density at radius 2 is 1.45 bits per heavy atom. The fourth-order valence-corrected chi connectivity index (χ4v) is 12.6. The normalized spacial score (nSPS) is 18.8. The second-order valence-corrected chi connectivity index (χ2v) is 19.4. The summed E-state index contributed by atoms with van der Waals surface area (Å²) in [6.07, 6.45) is 0.399. The first-order chi connectivity index (χ1) is 24.3. The van der Waals surface area contributed by atoms with Gasteiger partial charge in [-0.3, -0.25) is 9.69 Å². The molecule has 266 valence electrons. The molecule has 0 saturated carbocycles. The Balaban J connectivity index is 1.28. The highest BCUT2D eigenvalue weighted by molar-refractivity contribution is 6.99. The van der Waals surface area contributed by atoms with Gasteiger partial charge in [-0.2, -0.15) is 0 Å². The van der Waals surface area contributed by atoms with Crippen LogP contribution in [0.25, 0.3) is 10.9 Å². The molecule has 0 amide bonds. The Hall–Kier alpha value is -4.09. The van der Waals surface area contributed by atoms with Crippen LogP contribution in [0.3, 0.4) is 0 Å². The van der Waals surface area contributed by atoms with Gasteiger partial charge < -0.3 is 14.7 Å². The number of hydrogen-bond donors (Lipinski definition) is 2. The van der Waals surface area contributed by atoms with Crippen LogP contribution >= 0.6 is 0 Å². The number of nitrogens with one attached hydrogen (secondary N) is 2. The Labute approximate surface area is 297 Å². The second-order valence-electron chi connectivity index (χ2n) is 15.1. The molecule has 5 nitrogen and oxygen atoms in total. The molecule has 5 aromatic rings. The lowest BCUT2D eigenvalue weighted by Crippen LogP contribution is -2.67. The van der Waals surface area contributed by atoms with Gasteiger partial charge in [-0.1, -0.05) is 99.6 Å². The quantitative estimate of drug-likeness (QED) is 0.0901. The Kier molecular flexibility index (Phi) is 9.33. The van der Waals surface area contributed by atoms with Crippen molar-refractivity contribution in [2.45, 2.75) is 57.2 Å². The summed E-state index contributed by atoms with van der Waals surface area (Å²) in [4.78, 5) is 17.8. The summed E-state index contributed by atoms with van der Waals surface area (Å²) in [5.41, 5.74) is 1.65. The van der Waals surface area contributed by atoms with Gasteiger partial charge in [-0.05, 0) is 52.5 Å². The highest BCUT2D eigenvalue weighted by Gasteiger charge is 2.52. The average molecular weight is 714 g/mol. The van der Waals surface area contributed by atoms with Gasteiger partial charge in [0.2, 0.25) is 0 Å². The van der Waals surface area contributed by atoms with E-state index in [1.54, 1.807) is 0 Å². The van der Waals surface area contributed by atoms with Crippen molar-refractivity contribution in [3.8, 4) is 0 Å². The summed E-state index contributed by atoms with van der Waals surface area (Å²) in [7, 11) is -3.31. The fraction of sp³-hybridized carbons (Fsp3) is 0.341. The maximum Gasteiger partial charge on any atom is 0.282 e. The summed E-state index contributed by atoms with van der Waals surface area (Å²) in [6.45, 7) is 7.09. The molecule has 2 aliphatic heterocycles. The van der Waals surface area contributed by atoms with E-state index in [1.165, 1.54) is 4.90 Å². The number of benzene rings is 4. The van der Waals surface area contributed by atoms with E-state index in [0.29, 0.717) is 25.2 Å². The number of nitrogens with zero attached hydrogens (tertiary/aromatic N) is 1. The number of H-pyrrole nitrogens is 1. The van der Waals surface area contributed by atoms with Crippen LogP contribution in [0.1, 0.15) is 60.9 Å². The molecule has 1 saturated heterocycles. The summed E-state index contributed by atoms with van der Waals surface area (Å²) in [6, 6.07) is 27.1. The van der Waals surface area contributed by atoms with E-state index >= 15 is 17.6 Å². The highest BCUT2D eigenvalue weighted by Crippen LogP contribution is 2.44. The number of aromatic nitrogens is 1. The lowest BCUT2D eigenvalue weighted by Gasteiger charge is -2.45. The van der Waals surface area contributed by atoms with Gasteiger partial charge in [0.25, 0.3) is 14.2 Å². The first-order valence-corrected chi connectivity index (χ1v) is 19.4. The van der Waals surface area contributed by atoms with Gasteiger partial charge >= 0.3 is 0 Å². The van der Waals surface area contributed by atoms with Gasteiger partial charge in [0.05, 0.1) is 19.2 Å². The number of hydrogen-bond acceptors (Lipinski definition) is 4. The summed E-state index contributed by atoms with van der Waals surface area (Å²) in [5, 5.41) is 5.13. The molecule has 3 heterocycles. The van der Waals surface area contributed by atoms with Crippen LogP contribution in [-0.4, -0.2) is 62.2 Å². The number of aromatic amines is 1. The number of rotatable bonds is 10. The zero-order valence-electron chi connectivity index (χ0n) is 29.3. The number of para-hydroxylation sites is 1. The molecule has 0 unspecified atom stereocenters. The number of ketones is 1. The van der Waals surface area contributed by atoms with Crippen LogP contribution in [0.2, 0.25) is 5.04 Å². The minimum absolute atomic E-state index is 0.0587. The van der Waals surface area contributed by atoms with E-state index in [-0.39, 0.29) is 22.8 Å². The lowest BCUT2D eigenvalue weighted by atomic mass is 9.86. The third-order valence-corrected chi connectivity index (χ3v) is 15.6. The maximum absolute atomic E-state index is 16.7. The number of Topliss-reactive ketones (excluding diaryl/α,β-unsaturated/α-hetero) is 1. The van der Waals surface area contributed by atoms with Crippen molar-refractivity contribution in [1.82, 2.24) is 15.2 Å². The third-order valence-electron chi connectivity index (χ3n) is 10.6. The molecule has 0 aliphatic carbocycles. The number of carbonyl (C=O) groups is 1. The van der Waals surface area contributed by atoms with Gasteiger partial charge in [-0.25, -0.2) is 17.6 Å². The SMILES string of the molecule is C[C@@H]1Cc2c([nH]c3ccccc23)[C@@H](c2c(F)cc(C(=O)C3CNC3)cc2F)N1CC(F)(F)CO[Si](c1ccccc1)(c1ccccc1)C(C)(C)C. The molecular weight excluding hydrogens is 671 g/mol. The zero-order chi connectivity index (χ0) is 36.1. The molecular formula is C41H43F4N3O2Si. The van der Waals surface area contributed by atoms with Crippen molar-refractivity contribution in [3.63, 3.8) is 0 Å². The van der Waals surface area contributed by atoms with Crippen molar-refractivity contribution in [2.75, 3.05) is 26.2 Å². The Bertz CT molecular complexity index is 1980. The summed E-state index contributed by atoms with van der Waals surface area (Å²) < 4.78 is 72.6. The Morgan fingerprint density at radius 1 is 0.882 bits per heavy atom. The van der Waals surface area contributed by atoms with Crippen LogP contribution in [0.4, 0.5) is 17.6 Å². The first kappa shape index (κ1) is 35.3. The predicted octanol–water partition coefficient (Wildman–Crippen LogP) is 7.40. The van der Waals surface area contributed by atoms with Crippen LogP contribution in [0, 0.1) is 17.6 Å². The molecule has 0 spiro atoms. The predicted molar refractivity (Wildman–Crippen MR) is 196 cm³/mol. The van der Waals surface area contributed by atoms with Crippen LogP contribution in [0.15, 0.2) is 97.1 Å². The molecule has 2 atom stereocenters. The van der Waals surface area contributed by atoms with Crippen LogP contribution < -0.4 is 15.7 Å². The zero-order valence-corrected chi connectivity index (χ0v) is 30.3. The molecule has 4 aromatic carbocycles. The molecule has 1 fully saturated rings. The van der Waals surface area contributed by atoms with E-state index in [1.807, 2.05) is 113 Å². The smallest absolute Gasteiger partial charge is 0.282 e. The van der Waals surface area contributed by atoms with E-state index < -0.39 is 56.1 Å². The van der Waals surface area contributed by atoms with Gasteiger partial charge in [0.15, 0.2) is 5.78 Å². The monoisotopic (exact) mass is 713 g/mol. The van der Waals surface area contributed by atoms with Gasteiger partial charge in [0, 0.05) is 52.8 Å². The number of fused-ring (bicyclic) bond motifs is 3. The van der Waals surface area contributed by atoms with Crippen molar-refractivity contribution in [1.29, 1.82) is 0 Å². The van der Waals surface area contributed by atoms with Gasteiger partial charge in [0.1, 0.15) is 11.6 Å². The minimum atomic E-state index is -3.41. The highest BCUT2D eigenvalue weighted by atomic mass is 28.4. The topological polar surface area (TPSA) is 57.4 Å². The molecule has 1 aromatic heterocycles. The average Bonchev–Trinajstić information content (AvgIpc) is 3.43. The lowest BCUT2D eigenvalue weighted by molar-refractivity contribution is -0.0825. The third kappa shape index (κ3) is 6.37. The summed E-state index contributed by atoms with van der Waals surface area (Å²) >= 11 is 0. The molecule has 2 aliphatic rings. The molecule has 51 heavy (non-hydrogen) atoms. The second kappa shape index (κ2) is 13.5. The largest absolute Gasteiger partial charge is 0.401 e. The molecule has 0 bridgehead atoms. The van der Waals surface area contributed by atoms with Crippen LogP contribution in [-0.2, 0) is 10.8 Å². The fourth-order valence-electron chi connectivity index (χ4n) is 8.05. The number of carbonyl (C=O) groups excluding carboxylic acids is 1. The minimum Gasteiger partial charge on any atom is -0.401 e. The number of halogens is 4. The first-order valence-electron chi connectivity index (χ1n) is 17.5. The van der Waals surface area contributed by atoms with E-state index in [0.717, 1.165) is 39.0 Å². The molecule has 0 radical (unpaired) electrons. The van der Waals surface area contributed by atoms with Crippen LogP contribution in [0.5, 0.6) is 0 Å². The molecule has 7 rings (SSSR count). The van der Waals surface area contributed by atoms with Crippen molar-refractivity contribution < 1.29 is 26.8 Å². The number of alkyl halides is 2. The maximum atomic E-state index is 16.7. The van der Waals surface area contributed by atoms with Crippen molar-refractivity contribution in [2.24, 2.45) is 5.92 Å². The van der Waals surface area contributed by atoms with E-state index in [4.69, 9.17) is 4.43 Å². The summed E-state index contributed by atoms with van der Waals surface area (Å²) in [5.74, 6) is -5.98.